The Balaban J connectivity index is 1.63. The highest BCUT2D eigenvalue weighted by molar-refractivity contribution is 4.99. The molecule has 1 N–H and O–H groups in total. The van der Waals surface area contributed by atoms with E-state index in [0.717, 1.165) is 24.2 Å². The Morgan fingerprint density at radius 1 is 0.952 bits per heavy atom. The fourth-order valence-electron chi connectivity index (χ4n) is 5.09. The molecule has 2 bridgehead atoms. The molecule has 0 saturated carbocycles. The Hall–Kier alpha value is -0.120. The van der Waals surface area contributed by atoms with E-state index in [1.807, 2.05) is 0 Å². The van der Waals surface area contributed by atoms with Crippen molar-refractivity contribution in [3.8, 4) is 0 Å². The minimum atomic E-state index is 0.794. The summed E-state index contributed by atoms with van der Waals surface area (Å²) in [6.07, 6.45) is 11.3. The average Bonchev–Trinajstić information content (AvgIpc) is 2.52. The monoisotopic (exact) mass is 293 g/mol. The van der Waals surface area contributed by atoms with E-state index in [-0.39, 0.29) is 0 Å². The van der Waals surface area contributed by atoms with E-state index in [2.05, 4.69) is 29.0 Å². The molecule has 0 radical (unpaired) electrons. The third kappa shape index (κ3) is 3.62. The molecule has 0 aliphatic carbocycles. The molecule has 3 nitrogen and oxygen atoms in total. The van der Waals surface area contributed by atoms with E-state index in [9.17, 15) is 0 Å². The molecular formula is C18H35N3. The van der Waals surface area contributed by atoms with Gasteiger partial charge >= 0.3 is 0 Å². The van der Waals surface area contributed by atoms with Gasteiger partial charge in [-0.2, -0.15) is 0 Å². The van der Waals surface area contributed by atoms with Gasteiger partial charge in [0.25, 0.3) is 0 Å². The third-order valence-electron chi connectivity index (χ3n) is 6.06. The number of piperidine rings is 3. The Morgan fingerprint density at radius 2 is 1.67 bits per heavy atom. The summed E-state index contributed by atoms with van der Waals surface area (Å²) in [6.45, 7) is 9.71. The zero-order chi connectivity index (χ0) is 14.7. The van der Waals surface area contributed by atoms with Crippen LogP contribution in [0.15, 0.2) is 0 Å². The molecule has 0 aromatic heterocycles. The summed E-state index contributed by atoms with van der Waals surface area (Å²) < 4.78 is 0. The van der Waals surface area contributed by atoms with Crippen LogP contribution in [-0.2, 0) is 0 Å². The van der Waals surface area contributed by atoms with Crippen LogP contribution < -0.4 is 5.32 Å². The van der Waals surface area contributed by atoms with Crippen molar-refractivity contribution in [2.75, 3.05) is 26.2 Å². The van der Waals surface area contributed by atoms with Crippen molar-refractivity contribution in [1.82, 2.24) is 15.1 Å². The second-order valence-corrected chi connectivity index (χ2v) is 7.50. The highest BCUT2D eigenvalue weighted by Gasteiger charge is 2.42. The molecular weight excluding hydrogens is 258 g/mol. The van der Waals surface area contributed by atoms with Gasteiger partial charge in [-0.05, 0) is 64.6 Å². The molecule has 3 aliphatic heterocycles. The number of likely N-dealkylation sites (tertiary alicyclic amines) is 1. The molecule has 3 heterocycles. The summed E-state index contributed by atoms with van der Waals surface area (Å²) in [5, 5.41) is 3.81. The minimum Gasteiger partial charge on any atom is -0.314 e. The SMILES string of the molecule is CCCNC1CC2CCCC(C1)N2C1CCCN(CC)C1. The lowest BCUT2D eigenvalue weighted by atomic mass is 9.79. The molecule has 0 aromatic rings. The van der Waals surface area contributed by atoms with Crippen molar-refractivity contribution in [2.45, 2.75) is 89.4 Å². The van der Waals surface area contributed by atoms with Gasteiger partial charge < -0.3 is 10.2 Å². The van der Waals surface area contributed by atoms with Gasteiger partial charge in [0.1, 0.15) is 0 Å². The molecule has 3 saturated heterocycles. The number of nitrogens with one attached hydrogen (secondary N) is 1. The number of rotatable bonds is 5. The lowest BCUT2D eigenvalue weighted by Crippen LogP contribution is -2.62. The quantitative estimate of drug-likeness (QED) is 0.841. The van der Waals surface area contributed by atoms with Gasteiger partial charge in [0.2, 0.25) is 0 Å². The molecule has 0 aromatic carbocycles. The average molecular weight is 293 g/mol. The van der Waals surface area contributed by atoms with E-state index in [1.165, 1.54) is 77.5 Å². The van der Waals surface area contributed by atoms with Crippen LogP contribution in [0.4, 0.5) is 0 Å². The Bertz CT molecular complexity index is 306. The molecule has 3 heteroatoms. The van der Waals surface area contributed by atoms with Crippen LogP contribution in [0.5, 0.6) is 0 Å². The van der Waals surface area contributed by atoms with Gasteiger partial charge in [-0.25, -0.2) is 0 Å². The largest absolute Gasteiger partial charge is 0.314 e. The lowest BCUT2D eigenvalue weighted by molar-refractivity contribution is -0.0338. The van der Waals surface area contributed by atoms with Crippen LogP contribution in [0, 0.1) is 0 Å². The standard InChI is InChI=1S/C18H35N3/c1-3-10-19-15-12-16-7-5-8-17(13-15)21(16)18-9-6-11-20(4-2)14-18/h15-19H,3-14H2,1-2H3. The van der Waals surface area contributed by atoms with Gasteiger partial charge in [0.05, 0.1) is 0 Å². The van der Waals surface area contributed by atoms with Crippen molar-refractivity contribution in [3.63, 3.8) is 0 Å². The van der Waals surface area contributed by atoms with E-state index in [1.54, 1.807) is 0 Å². The third-order valence-corrected chi connectivity index (χ3v) is 6.06. The molecule has 3 rings (SSSR count). The van der Waals surface area contributed by atoms with Crippen molar-refractivity contribution < 1.29 is 0 Å². The van der Waals surface area contributed by atoms with Gasteiger partial charge in [-0.1, -0.05) is 20.3 Å². The molecule has 3 aliphatic rings. The Labute approximate surface area is 131 Å². The fraction of sp³-hybridized carbons (Fsp3) is 1.00. The van der Waals surface area contributed by atoms with Crippen LogP contribution in [0.3, 0.4) is 0 Å². The fourth-order valence-corrected chi connectivity index (χ4v) is 5.09. The van der Waals surface area contributed by atoms with E-state index in [4.69, 9.17) is 0 Å². The van der Waals surface area contributed by atoms with Crippen LogP contribution in [-0.4, -0.2) is 60.1 Å². The van der Waals surface area contributed by atoms with Gasteiger partial charge in [-0.15, -0.1) is 0 Å². The van der Waals surface area contributed by atoms with E-state index >= 15 is 0 Å². The second-order valence-electron chi connectivity index (χ2n) is 7.50. The molecule has 3 unspecified atom stereocenters. The first-order valence-electron chi connectivity index (χ1n) is 9.55. The van der Waals surface area contributed by atoms with Crippen molar-refractivity contribution in [1.29, 1.82) is 0 Å². The summed E-state index contributed by atoms with van der Waals surface area (Å²) in [4.78, 5) is 5.65. The topological polar surface area (TPSA) is 18.5 Å². The number of fused-ring (bicyclic) bond motifs is 2. The van der Waals surface area contributed by atoms with Crippen LogP contribution in [0.2, 0.25) is 0 Å². The predicted octanol–water partition coefficient (Wildman–Crippen LogP) is 2.86. The first-order valence-corrected chi connectivity index (χ1v) is 9.55. The first-order chi connectivity index (χ1) is 10.3. The summed E-state index contributed by atoms with van der Waals surface area (Å²) in [5.74, 6) is 0. The Kier molecular flexibility index (Phi) is 5.58. The highest BCUT2D eigenvalue weighted by Crippen LogP contribution is 2.37. The first kappa shape index (κ1) is 15.8. The zero-order valence-electron chi connectivity index (χ0n) is 14.2. The molecule has 3 fully saturated rings. The normalized spacial score (nSPS) is 38.6. The predicted molar refractivity (Wildman–Crippen MR) is 89.7 cm³/mol. The van der Waals surface area contributed by atoms with Crippen LogP contribution >= 0.6 is 0 Å². The maximum atomic E-state index is 3.81. The lowest BCUT2D eigenvalue weighted by Gasteiger charge is -2.54. The maximum Gasteiger partial charge on any atom is 0.0229 e. The summed E-state index contributed by atoms with van der Waals surface area (Å²) in [7, 11) is 0. The van der Waals surface area contributed by atoms with E-state index in [0.29, 0.717) is 0 Å². The molecule has 122 valence electrons. The summed E-state index contributed by atoms with van der Waals surface area (Å²) >= 11 is 0. The van der Waals surface area contributed by atoms with Gasteiger partial charge in [-0.3, -0.25) is 4.90 Å². The smallest absolute Gasteiger partial charge is 0.0229 e. The number of nitrogens with zero attached hydrogens (tertiary/aromatic N) is 2. The van der Waals surface area contributed by atoms with Gasteiger partial charge in [0.15, 0.2) is 0 Å². The summed E-state index contributed by atoms with van der Waals surface area (Å²) in [6, 6.07) is 3.38. The summed E-state index contributed by atoms with van der Waals surface area (Å²) in [5.41, 5.74) is 0. The zero-order valence-corrected chi connectivity index (χ0v) is 14.2. The number of likely N-dealkylation sites (N-methyl/N-ethyl adjacent to an activating group) is 1. The van der Waals surface area contributed by atoms with Crippen LogP contribution in [0.25, 0.3) is 0 Å². The highest BCUT2D eigenvalue weighted by atomic mass is 15.3. The molecule has 0 spiro atoms. The van der Waals surface area contributed by atoms with Gasteiger partial charge in [0, 0.05) is 30.7 Å². The molecule has 3 atom stereocenters. The van der Waals surface area contributed by atoms with Crippen LogP contribution in [0.1, 0.15) is 65.2 Å². The second kappa shape index (κ2) is 7.43. The number of hydrogen-bond donors (Lipinski definition) is 1. The van der Waals surface area contributed by atoms with Crippen molar-refractivity contribution in [2.24, 2.45) is 0 Å². The number of hydrogen-bond acceptors (Lipinski definition) is 3. The maximum absolute atomic E-state index is 3.81. The van der Waals surface area contributed by atoms with Crippen molar-refractivity contribution in [3.05, 3.63) is 0 Å². The minimum absolute atomic E-state index is 0.794. The van der Waals surface area contributed by atoms with E-state index < -0.39 is 0 Å². The van der Waals surface area contributed by atoms with Crippen molar-refractivity contribution >= 4 is 0 Å². The Morgan fingerprint density at radius 3 is 2.33 bits per heavy atom. The molecule has 0 amide bonds. The molecule has 21 heavy (non-hydrogen) atoms.